The molecule has 94 valence electrons. The van der Waals surface area contributed by atoms with Crippen molar-refractivity contribution in [1.29, 1.82) is 0 Å². The van der Waals surface area contributed by atoms with Gasteiger partial charge in [0.1, 0.15) is 0 Å². The van der Waals surface area contributed by atoms with Crippen LogP contribution in [0.1, 0.15) is 37.4 Å². The number of ether oxygens (including phenoxy) is 1. The van der Waals surface area contributed by atoms with Crippen LogP contribution >= 0.6 is 0 Å². The molecule has 0 spiro atoms. The predicted molar refractivity (Wildman–Crippen MR) is 69.2 cm³/mol. The second-order valence-corrected chi connectivity index (χ2v) is 4.75. The van der Waals surface area contributed by atoms with Crippen LogP contribution in [0.25, 0.3) is 0 Å². The number of nitrogens with zero attached hydrogens (tertiary/aromatic N) is 1. The van der Waals surface area contributed by atoms with E-state index in [1.54, 1.807) is 0 Å². The Labute approximate surface area is 104 Å². The molecule has 0 radical (unpaired) electrons. The van der Waals surface area contributed by atoms with E-state index in [4.69, 9.17) is 4.74 Å². The number of nitrogens with one attached hydrogen (secondary N) is 1. The van der Waals surface area contributed by atoms with Crippen LogP contribution in [0.5, 0.6) is 5.88 Å². The zero-order valence-corrected chi connectivity index (χ0v) is 10.8. The Morgan fingerprint density at radius 2 is 2.24 bits per heavy atom. The zero-order chi connectivity index (χ0) is 12.1. The summed E-state index contributed by atoms with van der Waals surface area (Å²) in [4.78, 5) is 4.48. The Bertz CT molecular complexity index is 361. The molecule has 3 nitrogen and oxygen atoms in total. The maximum atomic E-state index is 5.67. The summed E-state index contributed by atoms with van der Waals surface area (Å²) in [5.74, 6) is 1.69. The lowest BCUT2D eigenvalue weighted by Gasteiger charge is -2.09. The molecule has 1 aliphatic carbocycles. The van der Waals surface area contributed by atoms with Crippen molar-refractivity contribution < 1.29 is 4.74 Å². The van der Waals surface area contributed by atoms with Crippen LogP contribution in [-0.4, -0.2) is 18.1 Å². The van der Waals surface area contributed by atoms with Gasteiger partial charge in [0.05, 0.1) is 6.61 Å². The van der Waals surface area contributed by atoms with E-state index in [1.165, 1.54) is 24.8 Å². The monoisotopic (exact) mass is 234 g/mol. The van der Waals surface area contributed by atoms with Crippen LogP contribution in [-0.2, 0) is 6.54 Å². The Hall–Kier alpha value is -1.09. The molecule has 0 bridgehead atoms. The molecule has 0 amide bonds. The van der Waals surface area contributed by atoms with Gasteiger partial charge in [-0.05, 0) is 31.4 Å². The number of aromatic nitrogens is 1. The van der Waals surface area contributed by atoms with Gasteiger partial charge in [0.25, 0.3) is 0 Å². The lowest BCUT2D eigenvalue weighted by atomic mass is 10.2. The van der Waals surface area contributed by atoms with Crippen LogP contribution in [0.15, 0.2) is 12.1 Å². The summed E-state index contributed by atoms with van der Waals surface area (Å²) < 4.78 is 5.67. The van der Waals surface area contributed by atoms with E-state index in [0.717, 1.165) is 37.2 Å². The third kappa shape index (κ3) is 4.00. The van der Waals surface area contributed by atoms with E-state index >= 15 is 0 Å². The third-order valence-electron chi connectivity index (χ3n) is 3.21. The summed E-state index contributed by atoms with van der Waals surface area (Å²) in [7, 11) is 0. The maximum Gasteiger partial charge on any atom is 0.213 e. The van der Waals surface area contributed by atoms with Crippen LogP contribution in [0.2, 0.25) is 0 Å². The van der Waals surface area contributed by atoms with E-state index in [1.807, 2.05) is 13.0 Å². The number of rotatable bonds is 7. The van der Waals surface area contributed by atoms with E-state index < -0.39 is 0 Å². The van der Waals surface area contributed by atoms with Gasteiger partial charge < -0.3 is 10.1 Å². The van der Waals surface area contributed by atoms with Crippen molar-refractivity contribution in [1.82, 2.24) is 10.3 Å². The molecule has 1 fully saturated rings. The van der Waals surface area contributed by atoms with Crippen molar-refractivity contribution in [3.63, 3.8) is 0 Å². The zero-order valence-electron chi connectivity index (χ0n) is 10.8. The van der Waals surface area contributed by atoms with Crippen LogP contribution < -0.4 is 10.1 Å². The minimum Gasteiger partial charge on any atom is -0.478 e. The lowest BCUT2D eigenvalue weighted by molar-refractivity contribution is 0.290. The van der Waals surface area contributed by atoms with Gasteiger partial charge in [-0.15, -0.1) is 0 Å². The van der Waals surface area contributed by atoms with Gasteiger partial charge in [-0.1, -0.05) is 25.8 Å². The molecule has 17 heavy (non-hydrogen) atoms. The number of hydrogen-bond donors (Lipinski definition) is 1. The second-order valence-electron chi connectivity index (χ2n) is 4.75. The number of aryl methyl sites for hydroxylation is 1. The molecule has 0 aromatic carbocycles. The van der Waals surface area contributed by atoms with Gasteiger partial charge in [0.15, 0.2) is 0 Å². The normalized spacial score (nSPS) is 14.9. The van der Waals surface area contributed by atoms with Crippen LogP contribution in [0.4, 0.5) is 0 Å². The van der Waals surface area contributed by atoms with Gasteiger partial charge in [0.2, 0.25) is 5.88 Å². The molecule has 1 aromatic rings. The molecule has 1 aliphatic rings. The van der Waals surface area contributed by atoms with Crippen molar-refractivity contribution in [3.05, 3.63) is 23.4 Å². The van der Waals surface area contributed by atoms with Crippen molar-refractivity contribution in [2.45, 2.75) is 39.7 Å². The van der Waals surface area contributed by atoms with Crippen LogP contribution in [0, 0.1) is 12.8 Å². The summed E-state index contributed by atoms with van der Waals surface area (Å²) in [6.07, 6.45) is 3.95. The van der Waals surface area contributed by atoms with Gasteiger partial charge in [-0.25, -0.2) is 4.98 Å². The second kappa shape index (κ2) is 6.01. The molecule has 0 atom stereocenters. The lowest BCUT2D eigenvalue weighted by Crippen LogP contribution is -2.13. The van der Waals surface area contributed by atoms with Gasteiger partial charge >= 0.3 is 0 Å². The summed E-state index contributed by atoms with van der Waals surface area (Å²) in [6.45, 7) is 6.83. The fourth-order valence-electron chi connectivity index (χ4n) is 1.83. The molecule has 1 N–H and O–H groups in total. The molecule has 3 heteroatoms. The molecule has 1 heterocycles. The number of pyridine rings is 1. The van der Waals surface area contributed by atoms with Crippen molar-refractivity contribution in [3.8, 4) is 5.88 Å². The maximum absolute atomic E-state index is 5.67. The van der Waals surface area contributed by atoms with Crippen LogP contribution in [0.3, 0.4) is 0 Å². The van der Waals surface area contributed by atoms with Crippen molar-refractivity contribution in [2.75, 3.05) is 13.2 Å². The molecule has 0 aliphatic heterocycles. The summed E-state index contributed by atoms with van der Waals surface area (Å²) in [5.41, 5.74) is 2.32. The van der Waals surface area contributed by atoms with Crippen molar-refractivity contribution >= 4 is 0 Å². The highest BCUT2D eigenvalue weighted by Crippen LogP contribution is 2.32. The molecule has 2 rings (SSSR count). The first-order chi connectivity index (χ1) is 8.29. The third-order valence-corrected chi connectivity index (χ3v) is 3.21. The van der Waals surface area contributed by atoms with E-state index in [9.17, 15) is 0 Å². The Morgan fingerprint density at radius 1 is 1.41 bits per heavy atom. The van der Waals surface area contributed by atoms with E-state index in [-0.39, 0.29) is 0 Å². The SMILES string of the molecule is CCNCc1ccc(OCCC2CC2)nc1C. The highest BCUT2D eigenvalue weighted by molar-refractivity contribution is 5.24. The minimum absolute atomic E-state index is 0.767. The Kier molecular flexibility index (Phi) is 4.37. The van der Waals surface area contributed by atoms with Gasteiger partial charge in [0, 0.05) is 18.3 Å². The largest absolute Gasteiger partial charge is 0.478 e. The quantitative estimate of drug-likeness (QED) is 0.787. The average molecular weight is 234 g/mol. The summed E-state index contributed by atoms with van der Waals surface area (Å²) in [6, 6.07) is 4.09. The first-order valence-electron chi connectivity index (χ1n) is 6.59. The Morgan fingerprint density at radius 3 is 2.88 bits per heavy atom. The molecular formula is C14H22N2O. The molecule has 0 unspecified atom stereocenters. The van der Waals surface area contributed by atoms with E-state index in [2.05, 4.69) is 23.3 Å². The predicted octanol–water partition coefficient (Wildman–Crippen LogP) is 2.68. The first kappa shape index (κ1) is 12.4. The molecule has 1 aromatic heterocycles. The fraction of sp³-hybridized carbons (Fsp3) is 0.643. The van der Waals surface area contributed by atoms with Gasteiger partial charge in [-0.3, -0.25) is 0 Å². The highest BCUT2D eigenvalue weighted by Gasteiger charge is 2.20. The summed E-state index contributed by atoms with van der Waals surface area (Å²) >= 11 is 0. The first-order valence-corrected chi connectivity index (χ1v) is 6.59. The average Bonchev–Trinajstić information content (AvgIpc) is 3.12. The minimum atomic E-state index is 0.767. The topological polar surface area (TPSA) is 34.1 Å². The smallest absolute Gasteiger partial charge is 0.213 e. The Balaban J connectivity index is 1.83. The molecule has 0 saturated heterocycles. The summed E-state index contributed by atoms with van der Waals surface area (Å²) in [5, 5.41) is 3.31. The standard InChI is InChI=1S/C14H22N2O/c1-3-15-10-13-6-7-14(16-11(13)2)17-9-8-12-4-5-12/h6-7,12,15H,3-5,8-10H2,1-2H3. The fourth-order valence-corrected chi connectivity index (χ4v) is 1.83. The highest BCUT2D eigenvalue weighted by atomic mass is 16.5. The van der Waals surface area contributed by atoms with Gasteiger partial charge in [-0.2, -0.15) is 0 Å². The molecule has 1 saturated carbocycles. The van der Waals surface area contributed by atoms with E-state index in [0.29, 0.717) is 0 Å². The number of hydrogen-bond acceptors (Lipinski definition) is 3. The molecular weight excluding hydrogens is 212 g/mol. The van der Waals surface area contributed by atoms with Crippen molar-refractivity contribution in [2.24, 2.45) is 5.92 Å².